The van der Waals surface area contributed by atoms with Gasteiger partial charge in [-0.05, 0) is 182 Å². The van der Waals surface area contributed by atoms with Crippen LogP contribution in [0.1, 0.15) is 83.2 Å². The quantitative estimate of drug-likeness (QED) is 0.0827. The topological polar surface area (TPSA) is 143 Å². The SMILES string of the molecule is Cc1cc(-c2cnc3c(NCC4CCSCC4)cc(Br)nn23)ccc1C(=O)NC1CC1.Cc1cc(-c2cnc3c(NCC4CCSCC4)cc(Sc4cccc(F)c4)nn23)ccc1C(=O)NC1CC1. The molecule has 3 aromatic carbocycles. The summed E-state index contributed by atoms with van der Waals surface area (Å²) in [7, 11) is 0. The summed E-state index contributed by atoms with van der Waals surface area (Å²) in [4.78, 5) is 35.3. The van der Waals surface area contributed by atoms with E-state index in [1.807, 2.05) is 113 Å². The molecule has 2 saturated heterocycles. The third-order valence-corrected chi connectivity index (χ3v) is 16.5. The molecule has 0 radical (unpaired) electrons. The highest BCUT2D eigenvalue weighted by Gasteiger charge is 2.26. The third-order valence-electron chi connectivity index (χ3n) is 13.1. The van der Waals surface area contributed by atoms with Gasteiger partial charge in [-0.1, -0.05) is 30.0 Å². The molecular weight excluding hydrogens is 992 g/mol. The number of hydrogen-bond acceptors (Lipinski definition) is 11. The summed E-state index contributed by atoms with van der Waals surface area (Å²) >= 11 is 9.06. The van der Waals surface area contributed by atoms with Crippen LogP contribution in [0.5, 0.6) is 0 Å². The van der Waals surface area contributed by atoms with Crippen molar-refractivity contribution < 1.29 is 14.0 Å². The molecular formula is C52H56BrFN10O2S3. The maximum Gasteiger partial charge on any atom is 0.251 e. The first-order chi connectivity index (χ1) is 33.6. The summed E-state index contributed by atoms with van der Waals surface area (Å²) in [6, 6.07) is 23.0. The minimum absolute atomic E-state index is 0.0122. The van der Waals surface area contributed by atoms with Crippen LogP contribution in [0.3, 0.4) is 0 Å². The van der Waals surface area contributed by atoms with Crippen molar-refractivity contribution in [3.8, 4) is 22.5 Å². The molecule has 6 heterocycles. The van der Waals surface area contributed by atoms with E-state index in [9.17, 15) is 14.0 Å². The van der Waals surface area contributed by atoms with Crippen LogP contribution in [0.4, 0.5) is 15.8 Å². The number of carbonyl (C=O) groups is 2. The maximum atomic E-state index is 13.9. The van der Waals surface area contributed by atoms with E-state index in [4.69, 9.17) is 10.1 Å². The van der Waals surface area contributed by atoms with Gasteiger partial charge in [-0.3, -0.25) is 9.59 Å². The number of rotatable bonds is 14. The molecule has 2 aliphatic carbocycles. The molecule has 0 unspecified atom stereocenters. The van der Waals surface area contributed by atoms with Gasteiger partial charge in [-0.25, -0.2) is 23.4 Å². The van der Waals surface area contributed by atoms with Crippen molar-refractivity contribution in [3.05, 3.63) is 118 Å². The van der Waals surface area contributed by atoms with Gasteiger partial charge in [0.25, 0.3) is 11.8 Å². The lowest BCUT2D eigenvalue weighted by atomic mass is 10.0. The van der Waals surface area contributed by atoms with Crippen LogP contribution in [0.25, 0.3) is 33.8 Å². The summed E-state index contributed by atoms with van der Waals surface area (Å²) in [5.41, 5.74) is 10.4. The standard InChI is InChI=1S/C29H30FN5OS2.C23H26BrN5OS/c1-18-13-20(5-8-24(18)29(36)33-22-6-7-22)26-17-32-28-25(31-16-19-9-11-37-12-10-19)15-27(34-35(26)28)38-23-4-2-3-21(30)14-23;1-14-10-16(2-5-18(14)23(30)27-17-3-4-17)20-13-26-22-19(11-21(24)28-29(20)22)25-12-15-6-8-31-9-7-15/h2-5,8,13-15,17,19,22,31H,6-7,9-12,16H2,1H3,(H,33,36);2,5,10-11,13,15,17,25H,3-4,6-9,12H2,1H3,(H,27,30). The highest BCUT2D eigenvalue weighted by atomic mass is 79.9. The Labute approximate surface area is 423 Å². The van der Waals surface area contributed by atoms with Crippen molar-refractivity contribution in [2.75, 3.05) is 46.7 Å². The van der Waals surface area contributed by atoms with Crippen LogP contribution in [-0.4, -0.2) is 89.2 Å². The van der Waals surface area contributed by atoms with E-state index >= 15 is 0 Å². The molecule has 69 heavy (non-hydrogen) atoms. The number of aryl methyl sites for hydroxylation is 2. The van der Waals surface area contributed by atoms with Gasteiger partial charge in [-0.2, -0.15) is 33.7 Å². The van der Waals surface area contributed by atoms with Crippen molar-refractivity contribution in [2.24, 2.45) is 11.8 Å². The summed E-state index contributed by atoms with van der Waals surface area (Å²) < 4.78 is 18.4. The summed E-state index contributed by atoms with van der Waals surface area (Å²) in [6.45, 7) is 5.78. The van der Waals surface area contributed by atoms with Gasteiger partial charge >= 0.3 is 0 Å². The highest BCUT2D eigenvalue weighted by molar-refractivity contribution is 9.10. The number of halogens is 2. The number of thioether (sulfide) groups is 2. The van der Waals surface area contributed by atoms with Gasteiger partial charge in [0, 0.05) is 52.3 Å². The second-order valence-corrected chi connectivity index (χ2v) is 22.9. The summed E-state index contributed by atoms with van der Waals surface area (Å²) in [6.07, 6.45) is 12.9. The van der Waals surface area contributed by atoms with Crippen molar-refractivity contribution in [1.29, 1.82) is 0 Å². The first-order valence-corrected chi connectivity index (χ1v) is 27.9. The second kappa shape index (κ2) is 21.5. The van der Waals surface area contributed by atoms with E-state index < -0.39 is 0 Å². The number of benzene rings is 3. The molecule has 4 fully saturated rings. The van der Waals surface area contributed by atoms with Crippen molar-refractivity contribution >= 4 is 85.7 Å². The average molecular weight is 1050 g/mol. The number of carbonyl (C=O) groups excluding carboxylic acids is 2. The van der Waals surface area contributed by atoms with Gasteiger partial charge in [0.05, 0.1) is 35.2 Å². The molecule has 11 rings (SSSR count). The van der Waals surface area contributed by atoms with Crippen molar-refractivity contribution in [1.82, 2.24) is 39.8 Å². The number of hydrogen-bond donors (Lipinski definition) is 4. The number of anilines is 2. The van der Waals surface area contributed by atoms with Crippen LogP contribution in [-0.2, 0) is 0 Å². The monoisotopic (exact) mass is 1050 g/mol. The van der Waals surface area contributed by atoms with E-state index in [2.05, 4.69) is 47.3 Å². The fraction of sp³-hybridized carbons (Fsp3) is 0.385. The average Bonchev–Trinajstić information content (AvgIpc) is 4.27. The molecule has 0 bridgehead atoms. The van der Waals surface area contributed by atoms with Crippen LogP contribution in [0.2, 0.25) is 0 Å². The highest BCUT2D eigenvalue weighted by Crippen LogP contribution is 2.34. The Balaban J connectivity index is 0.000000164. The number of fused-ring (bicyclic) bond motifs is 2. The van der Waals surface area contributed by atoms with Crippen LogP contribution in [0, 0.1) is 31.5 Å². The molecule has 17 heteroatoms. The van der Waals surface area contributed by atoms with E-state index in [1.54, 1.807) is 6.07 Å². The van der Waals surface area contributed by atoms with Crippen LogP contribution in [0.15, 0.2) is 99.7 Å². The second-order valence-electron chi connectivity index (χ2n) is 18.5. The molecule has 7 aromatic rings. The normalized spacial score (nSPS) is 16.5. The molecule has 4 aromatic heterocycles. The summed E-state index contributed by atoms with van der Waals surface area (Å²) in [5, 5.41) is 23.7. The molecule has 0 spiro atoms. The number of amides is 2. The molecule has 4 N–H and O–H groups in total. The molecule has 358 valence electrons. The Morgan fingerprint density at radius 3 is 1.67 bits per heavy atom. The zero-order chi connectivity index (χ0) is 47.4. The fourth-order valence-corrected chi connectivity index (χ4v) is 12.4. The smallest absolute Gasteiger partial charge is 0.251 e. The summed E-state index contributed by atoms with van der Waals surface area (Å²) in [5.74, 6) is 5.99. The molecule has 0 atom stereocenters. The Hall–Kier alpha value is -5.10. The fourth-order valence-electron chi connectivity index (χ4n) is 8.79. The van der Waals surface area contributed by atoms with Crippen LogP contribution >= 0.6 is 51.2 Å². The molecule has 2 saturated carbocycles. The Morgan fingerprint density at radius 2 is 1.17 bits per heavy atom. The molecule has 2 aliphatic heterocycles. The van der Waals surface area contributed by atoms with E-state index in [1.165, 1.54) is 72.6 Å². The Kier molecular flexibility index (Phi) is 14.8. The van der Waals surface area contributed by atoms with E-state index in [-0.39, 0.29) is 17.6 Å². The van der Waals surface area contributed by atoms with Gasteiger partial charge in [0.2, 0.25) is 0 Å². The molecule has 2 amide bonds. The Morgan fingerprint density at radius 1 is 0.667 bits per heavy atom. The zero-order valence-electron chi connectivity index (χ0n) is 38.8. The first-order valence-electron chi connectivity index (χ1n) is 24.0. The Bertz CT molecular complexity index is 3000. The predicted molar refractivity (Wildman–Crippen MR) is 283 cm³/mol. The lowest BCUT2D eigenvalue weighted by Crippen LogP contribution is -2.26. The molecule has 4 aliphatic rings. The van der Waals surface area contributed by atoms with Gasteiger partial charge in [0.1, 0.15) is 15.4 Å². The van der Waals surface area contributed by atoms with E-state index in [0.717, 1.165) is 115 Å². The largest absolute Gasteiger partial charge is 0.382 e. The van der Waals surface area contributed by atoms with Gasteiger partial charge in [0.15, 0.2) is 11.3 Å². The van der Waals surface area contributed by atoms with Crippen molar-refractivity contribution in [3.63, 3.8) is 0 Å². The number of aromatic nitrogens is 6. The lowest BCUT2D eigenvalue weighted by Gasteiger charge is -2.22. The lowest BCUT2D eigenvalue weighted by molar-refractivity contribution is 0.0942. The van der Waals surface area contributed by atoms with Gasteiger partial charge in [-0.15, -0.1) is 0 Å². The molecule has 12 nitrogen and oxygen atoms in total. The van der Waals surface area contributed by atoms with Crippen molar-refractivity contribution in [2.45, 2.75) is 87.2 Å². The predicted octanol–water partition coefficient (Wildman–Crippen LogP) is 11.4. The van der Waals surface area contributed by atoms with E-state index in [0.29, 0.717) is 29.5 Å². The zero-order valence-corrected chi connectivity index (χ0v) is 42.8. The van der Waals surface area contributed by atoms with Gasteiger partial charge < -0.3 is 21.3 Å². The minimum Gasteiger partial charge on any atom is -0.382 e. The first kappa shape index (κ1) is 47.6. The number of imidazole rings is 2. The number of nitrogens with one attached hydrogen (secondary N) is 4. The van der Waals surface area contributed by atoms with Crippen LogP contribution < -0.4 is 21.3 Å². The minimum atomic E-state index is -0.269. The maximum absolute atomic E-state index is 13.9. The number of nitrogens with zero attached hydrogens (tertiary/aromatic N) is 6. The third kappa shape index (κ3) is 11.8.